The van der Waals surface area contributed by atoms with Crippen LogP contribution in [0.15, 0.2) is 54.9 Å². The fourth-order valence-electron chi connectivity index (χ4n) is 2.94. The molecule has 0 aliphatic heterocycles. The molecule has 2 heterocycles. The van der Waals surface area contributed by atoms with Crippen LogP contribution in [-0.2, 0) is 17.5 Å². The zero-order chi connectivity index (χ0) is 20.6. The van der Waals surface area contributed by atoms with E-state index in [-0.39, 0.29) is 12.2 Å². The molecule has 0 aliphatic carbocycles. The molecule has 2 aromatic heterocycles. The molecule has 4 rings (SSSR count). The van der Waals surface area contributed by atoms with E-state index in [2.05, 4.69) is 20.6 Å². The molecular weight excluding hydrogens is 385 g/mol. The number of hydrogen-bond acceptors (Lipinski definition) is 4. The number of hydrogen-bond donors (Lipinski definition) is 3. The van der Waals surface area contributed by atoms with Crippen molar-refractivity contribution in [3.63, 3.8) is 0 Å². The number of benzene rings is 2. The van der Waals surface area contributed by atoms with Gasteiger partial charge in [-0.1, -0.05) is 12.1 Å². The van der Waals surface area contributed by atoms with Crippen LogP contribution in [0.5, 0.6) is 0 Å². The molecule has 4 N–H and O–H groups in total. The lowest BCUT2D eigenvalue weighted by Crippen LogP contribution is -2.19. The molecule has 0 saturated heterocycles. The van der Waals surface area contributed by atoms with Crippen LogP contribution in [0, 0.1) is 0 Å². The summed E-state index contributed by atoms with van der Waals surface area (Å²) < 4.78 is 39.7. The van der Waals surface area contributed by atoms with E-state index in [0.717, 1.165) is 34.2 Å². The monoisotopic (exact) mass is 400 g/mol. The summed E-state index contributed by atoms with van der Waals surface area (Å²) >= 11 is 0. The van der Waals surface area contributed by atoms with Gasteiger partial charge in [-0.2, -0.15) is 23.4 Å². The highest BCUT2D eigenvalue weighted by Gasteiger charge is 2.30. The molecule has 1 amide bonds. The van der Waals surface area contributed by atoms with Gasteiger partial charge in [0, 0.05) is 22.8 Å². The van der Waals surface area contributed by atoms with Crippen molar-refractivity contribution >= 4 is 28.3 Å². The number of rotatable bonds is 4. The van der Waals surface area contributed by atoms with Crippen LogP contribution in [0.2, 0.25) is 0 Å². The largest absolute Gasteiger partial charge is 0.416 e. The number of H-pyrrole nitrogens is 1. The molecule has 4 aromatic rings. The van der Waals surface area contributed by atoms with Gasteiger partial charge < -0.3 is 11.1 Å². The Morgan fingerprint density at radius 2 is 2.00 bits per heavy atom. The van der Waals surface area contributed by atoms with Crippen LogP contribution >= 0.6 is 0 Å². The highest BCUT2D eigenvalue weighted by atomic mass is 19.4. The number of halogens is 3. The third-order valence-electron chi connectivity index (χ3n) is 4.34. The van der Waals surface area contributed by atoms with Gasteiger partial charge in [0.15, 0.2) is 5.82 Å². The Kier molecular flexibility index (Phi) is 4.45. The summed E-state index contributed by atoms with van der Waals surface area (Å²) in [4.78, 5) is 12.2. The third-order valence-corrected chi connectivity index (χ3v) is 4.34. The summed E-state index contributed by atoms with van der Waals surface area (Å²) in [7, 11) is 0. The lowest BCUT2D eigenvalue weighted by molar-refractivity contribution is -0.137. The minimum absolute atomic E-state index is 0.0690. The SMILES string of the molecule is Nc1n[nH]c2cc(-c3cnn(CC(=O)Nc4cccc(C(F)(F)F)c4)c3)ccc12. The number of anilines is 2. The van der Waals surface area contributed by atoms with Crippen LogP contribution in [0.25, 0.3) is 22.0 Å². The molecule has 0 bridgehead atoms. The zero-order valence-corrected chi connectivity index (χ0v) is 14.9. The number of aromatic nitrogens is 4. The van der Waals surface area contributed by atoms with Crippen molar-refractivity contribution in [1.82, 2.24) is 20.0 Å². The smallest absolute Gasteiger partial charge is 0.382 e. The molecule has 0 fully saturated rings. The molecule has 10 heteroatoms. The predicted octanol–water partition coefficient (Wildman–Crippen LogP) is 3.67. The number of aromatic amines is 1. The molecule has 0 radical (unpaired) electrons. The molecule has 29 heavy (non-hydrogen) atoms. The first-order valence-electron chi connectivity index (χ1n) is 8.53. The lowest BCUT2D eigenvalue weighted by atomic mass is 10.1. The number of nitrogen functional groups attached to an aromatic ring is 1. The summed E-state index contributed by atoms with van der Waals surface area (Å²) in [6.45, 7) is -0.143. The second-order valence-corrected chi connectivity index (χ2v) is 6.42. The lowest BCUT2D eigenvalue weighted by Gasteiger charge is -2.10. The summed E-state index contributed by atoms with van der Waals surface area (Å²) in [5, 5.41) is 14.2. The van der Waals surface area contributed by atoms with Gasteiger partial charge in [-0.3, -0.25) is 14.6 Å². The Bertz CT molecular complexity index is 1190. The van der Waals surface area contributed by atoms with Gasteiger partial charge in [0.25, 0.3) is 0 Å². The number of carbonyl (C=O) groups is 1. The van der Waals surface area contributed by atoms with Crippen LogP contribution < -0.4 is 11.1 Å². The van der Waals surface area contributed by atoms with Crippen molar-refractivity contribution < 1.29 is 18.0 Å². The molecule has 148 valence electrons. The van der Waals surface area contributed by atoms with E-state index < -0.39 is 17.6 Å². The second-order valence-electron chi connectivity index (χ2n) is 6.42. The van der Waals surface area contributed by atoms with E-state index in [4.69, 9.17) is 5.73 Å². The first kappa shape index (κ1) is 18.5. The second kappa shape index (κ2) is 6.97. The molecule has 0 aliphatic rings. The average molecular weight is 400 g/mol. The fraction of sp³-hybridized carbons (Fsp3) is 0.105. The number of amides is 1. The van der Waals surface area contributed by atoms with Crippen molar-refractivity contribution in [1.29, 1.82) is 0 Å². The van der Waals surface area contributed by atoms with Crippen LogP contribution in [0.1, 0.15) is 5.56 Å². The molecular formula is C19H15F3N6O. The molecule has 7 nitrogen and oxygen atoms in total. The van der Waals surface area contributed by atoms with Gasteiger partial charge in [-0.15, -0.1) is 0 Å². The van der Waals surface area contributed by atoms with Crippen molar-refractivity contribution in [2.24, 2.45) is 0 Å². The van der Waals surface area contributed by atoms with Crippen molar-refractivity contribution in [2.75, 3.05) is 11.1 Å². The summed E-state index contributed by atoms with van der Waals surface area (Å²) in [6.07, 6.45) is -1.21. The third kappa shape index (κ3) is 3.91. The molecule has 0 unspecified atom stereocenters. The van der Waals surface area contributed by atoms with Gasteiger partial charge >= 0.3 is 6.18 Å². The van der Waals surface area contributed by atoms with E-state index in [9.17, 15) is 18.0 Å². The number of nitrogens with one attached hydrogen (secondary N) is 2. The Balaban J connectivity index is 1.46. The maximum absolute atomic E-state index is 12.8. The van der Waals surface area contributed by atoms with Gasteiger partial charge in [0.05, 0.1) is 17.3 Å². The van der Waals surface area contributed by atoms with Gasteiger partial charge in [0.2, 0.25) is 5.91 Å². The van der Waals surface area contributed by atoms with Crippen molar-refractivity contribution in [3.8, 4) is 11.1 Å². The predicted molar refractivity (Wildman–Crippen MR) is 102 cm³/mol. The van der Waals surface area contributed by atoms with Gasteiger partial charge in [0.1, 0.15) is 6.54 Å². The summed E-state index contributed by atoms with van der Waals surface area (Å²) in [5.41, 5.74) is 7.39. The molecule has 2 aromatic carbocycles. The number of nitrogens with two attached hydrogens (primary N) is 1. The van der Waals surface area contributed by atoms with E-state index in [1.165, 1.54) is 16.8 Å². The standard InChI is InChI=1S/C19H15F3N6O/c20-19(21,22)13-2-1-3-14(7-13)25-17(29)10-28-9-12(8-24-28)11-4-5-15-16(6-11)26-27-18(15)23/h1-9H,10H2,(H,25,29)(H3,23,26,27). The Morgan fingerprint density at radius 3 is 2.79 bits per heavy atom. The highest BCUT2D eigenvalue weighted by molar-refractivity contribution is 5.92. The fourth-order valence-corrected chi connectivity index (χ4v) is 2.94. The Hall–Kier alpha value is -3.82. The van der Waals surface area contributed by atoms with Gasteiger partial charge in [-0.25, -0.2) is 0 Å². The normalized spacial score (nSPS) is 11.7. The minimum Gasteiger partial charge on any atom is -0.382 e. The summed E-state index contributed by atoms with van der Waals surface area (Å²) in [5.74, 6) is -0.0794. The minimum atomic E-state index is -4.47. The summed E-state index contributed by atoms with van der Waals surface area (Å²) in [6, 6.07) is 10.0. The molecule has 0 spiro atoms. The average Bonchev–Trinajstić information content (AvgIpc) is 3.28. The van der Waals surface area contributed by atoms with Gasteiger partial charge in [-0.05, 0) is 35.9 Å². The number of alkyl halides is 3. The first-order valence-corrected chi connectivity index (χ1v) is 8.53. The first-order chi connectivity index (χ1) is 13.8. The van der Waals surface area contributed by atoms with E-state index in [1.54, 1.807) is 12.4 Å². The Labute approximate surface area is 162 Å². The number of fused-ring (bicyclic) bond motifs is 1. The topological polar surface area (TPSA) is 102 Å². The maximum atomic E-state index is 12.8. The molecule has 0 saturated carbocycles. The zero-order valence-electron chi connectivity index (χ0n) is 14.9. The van der Waals surface area contributed by atoms with Crippen LogP contribution in [-0.4, -0.2) is 25.9 Å². The van der Waals surface area contributed by atoms with Crippen molar-refractivity contribution in [3.05, 3.63) is 60.4 Å². The van der Waals surface area contributed by atoms with Crippen molar-refractivity contribution in [2.45, 2.75) is 12.7 Å². The highest BCUT2D eigenvalue weighted by Crippen LogP contribution is 2.30. The quantitative estimate of drug-likeness (QED) is 0.486. The number of carbonyl (C=O) groups excluding carboxylic acids is 1. The van der Waals surface area contributed by atoms with Crippen LogP contribution in [0.3, 0.4) is 0 Å². The van der Waals surface area contributed by atoms with Crippen LogP contribution in [0.4, 0.5) is 24.7 Å². The maximum Gasteiger partial charge on any atom is 0.416 e. The van der Waals surface area contributed by atoms with E-state index in [1.807, 2.05) is 18.2 Å². The molecule has 0 atom stereocenters. The Morgan fingerprint density at radius 1 is 1.17 bits per heavy atom. The van der Waals surface area contributed by atoms with E-state index in [0.29, 0.717) is 5.82 Å². The number of nitrogens with zero attached hydrogens (tertiary/aromatic N) is 3. The van der Waals surface area contributed by atoms with E-state index >= 15 is 0 Å².